The summed E-state index contributed by atoms with van der Waals surface area (Å²) in [5.74, 6) is -5.62. The smallest absolute Gasteiger partial charge is 0.326 e. The summed E-state index contributed by atoms with van der Waals surface area (Å²) in [6.07, 6.45) is -0.106. The summed E-state index contributed by atoms with van der Waals surface area (Å²) in [6.45, 7) is 4.89. The van der Waals surface area contributed by atoms with Crippen molar-refractivity contribution in [2.45, 2.75) is 64.2 Å². The lowest BCUT2D eigenvalue weighted by Crippen LogP contribution is -2.58. The van der Waals surface area contributed by atoms with Gasteiger partial charge in [-0.25, -0.2) is 4.79 Å². The predicted molar refractivity (Wildman–Crippen MR) is 114 cm³/mol. The van der Waals surface area contributed by atoms with Crippen molar-refractivity contribution in [3.05, 3.63) is 0 Å². The number of carboxylic acid groups (broad SMARTS) is 2. The van der Waals surface area contributed by atoms with E-state index in [1.165, 1.54) is 6.92 Å². The van der Waals surface area contributed by atoms with Gasteiger partial charge in [0.05, 0.1) is 12.5 Å². The molecule has 0 aromatic carbocycles. The highest BCUT2D eigenvalue weighted by Gasteiger charge is 2.31. The number of aliphatic carboxylic acids is 2. The van der Waals surface area contributed by atoms with Crippen LogP contribution in [0, 0.1) is 5.92 Å². The summed E-state index contributed by atoms with van der Waals surface area (Å²) in [4.78, 5) is 62.8. The molecule has 0 aliphatic heterocycles. The number of carbonyl (C=O) groups is 5. The van der Waals surface area contributed by atoms with Crippen LogP contribution in [0.2, 0.25) is 0 Å². The van der Waals surface area contributed by atoms with Crippen molar-refractivity contribution in [2.75, 3.05) is 6.54 Å². The van der Waals surface area contributed by atoms with Crippen LogP contribution in [0.4, 0.5) is 0 Å². The van der Waals surface area contributed by atoms with Crippen molar-refractivity contribution in [1.29, 1.82) is 0 Å². The fraction of sp³-hybridized carbons (Fsp3) is 0.667. The van der Waals surface area contributed by atoms with Crippen molar-refractivity contribution in [3.63, 3.8) is 0 Å². The molecule has 14 heteroatoms. The van der Waals surface area contributed by atoms with Crippen LogP contribution in [0.5, 0.6) is 0 Å². The van der Waals surface area contributed by atoms with Gasteiger partial charge in [0.15, 0.2) is 5.96 Å². The Morgan fingerprint density at radius 2 is 1.50 bits per heavy atom. The molecule has 4 atom stereocenters. The van der Waals surface area contributed by atoms with Gasteiger partial charge in [-0.1, -0.05) is 13.8 Å². The molecule has 4 unspecified atom stereocenters. The summed E-state index contributed by atoms with van der Waals surface area (Å²) in [5.41, 5.74) is 16.2. The van der Waals surface area contributed by atoms with E-state index in [9.17, 15) is 24.0 Å². The van der Waals surface area contributed by atoms with Crippen LogP contribution >= 0.6 is 0 Å². The number of amides is 3. The Bertz CT molecular complexity index is 722. The molecule has 0 aliphatic carbocycles. The first-order valence-electron chi connectivity index (χ1n) is 9.92. The van der Waals surface area contributed by atoms with Crippen LogP contribution in [-0.4, -0.2) is 76.5 Å². The second-order valence-electron chi connectivity index (χ2n) is 7.51. The Morgan fingerprint density at radius 1 is 0.906 bits per heavy atom. The molecule has 0 aliphatic rings. The Labute approximate surface area is 185 Å². The first kappa shape index (κ1) is 28.6. The third-order valence-corrected chi connectivity index (χ3v) is 4.30. The van der Waals surface area contributed by atoms with E-state index in [2.05, 4.69) is 20.9 Å². The molecule has 0 bridgehead atoms. The van der Waals surface area contributed by atoms with Crippen molar-refractivity contribution < 1.29 is 34.2 Å². The van der Waals surface area contributed by atoms with Gasteiger partial charge in [-0.2, -0.15) is 0 Å². The number of rotatable bonds is 14. The highest BCUT2D eigenvalue weighted by atomic mass is 16.4. The van der Waals surface area contributed by atoms with Gasteiger partial charge in [0, 0.05) is 6.54 Å². The molecule has 11 N–H and O–H groups in total. The van der Waals surface area contributed by atoms with Gasteiger partial charge in [0.25, 0.3) is 0 Å². The Morgan fingerprint density at radius 3 is 1.97 bits per heavy atom. The lowest BCUT2D eigenvalue weighted by atomic mass is 10.0. The van der Waals surface area contributed by atoms with Crippen LogP contribution in [0.25, 0.3) is 0 Å². The molecule has 0 rings (SSSR count). The van der Waals surface area contributed by atoms with E-state index >= 15 is 0 Å². The molecule has 0 fully saturated rings. The fourth-order valence-electron chi connectivity index (χ4n) is 2.49. The minimum atomic E-state index is -1.66. The largest absolute Gasteiger partial charge is 0.481 e. The molecule has 32 heavy (non-hydrogen) atoms. The molecule has 0 radical (unpaired) electrons. The number of guanidine groups is 1. The molecule has 0 aromatic heterocycles. The predicted octanol–water partition coefficient (Wildman–Crippen LogP) is -2.94. The van der Waals surface area contributed by atoms with Gasteiger partial charge >= 0.3 is 11.9 Å². The topological polar surface area (TPSA) is 252 Å². The number of nitrogens with zero attached hydrogens (tertiary/aromatic N) is 1. The van der Waals surface area contributed by atoms with E-state index in [0.29, 0.717) is 13.0 Å². The van der Waals surface area contributed by atoms with Crippen LogP contribution in [-0.2, 0) is 24.0 Å². The van der Waals surface area contributed by atoms with Crippen LogP contribution in [0.3, 0.4) is 0 Å². The maximum atomic E-state index is 12.5. The number of carboxylic acids is 2. The fourth-order valence-corrected chi connectivity index (χ4v) is 2.49. The quantitative estimate of drug-likeness (QED) is 0.0744. The standard InChI is InChI=1S/C18H33N7O7/c1-8(2)13(16(30)24-11(17(31)32)7-12(26)27)25-14(28)9(3)23-15(29)10(19)5-4-6-22-18(20)21/h8-11,13H,4-7,19H2,1-3H3,(H,23,29)(H,24,30)(H,25,28)(H,26,27)(H,31,32)(H4,20,21,22). The second kappa shape index (κ2) is 13.8. The molecule has 0 saturated heterocycles. The molecular weight excluding hydrogens is 426 g/mol. The molecule has 14 nitrogen and oxygen atoms in total. The average molecular weight is 460 g/mol. The van der Waals surface area contributed by atoms with Gasteiger partial charge in [0.2, 0.25) is 17.7 Å². The van der Waals surface area contributed by atoms with Crippen LogP contribution in [0.15, 0.2) is 4.99 Å². The van der Waals surface area contributed by atoms with E-state index in [1.54, 1.807) is 13.8 Å². The van der Waals surface area contributed by atoms with Crippen molar-refractivity contribution in [3.8, 4) is 0 Å². The Balaban J connectivity index is 4.90. The summed E-state index contributed by atoms with van der Waals surface area (Å²) in [7, 11) is 0. The number of hydrogen-bond donors (Lipinski definition) is 8. The number of nitrogens with two attached hydrogens (primary N) is 3. The van der Waals surface area contributed by atoms with E-state index in [4.69, 9.17) is 27.4 Å². The van der Waals surface area contributed by atoms with Gasteiger partial charge in [-0.15, -0.1) is 0 Å². The van der Waals surface area contributed by atoms with Crippen LogP contribution < -0.4 is 33.2 Å². The zero-order valence-electron chi connectivity index (χ0n) is 18.3. The third-order valence-electron chi connectivity index (χ3n) is 4.30. The molecule has 3 amide bonds. The van der Waals surface area contributed by atoms with E-state index in [-0.39, 0.29) is 12.4 Å². The lowest BCUT2D eigenvalue weighted by Gasteiger charge is -2.25. The zero-order valence-corrected chi connectivity index (χ0v) is 18.3. The van der Waals surface area contributed by atoms with Crippen molar-refractivity contribution in [2.24, 2.45) is 28.1 Å². The zero-order chi connectivity index (χ0) is 25.0. The SMILES string of the molecule is CC(NC(=O)C(N)CCCN=C(N)N)C(=O)NC(C(=O)NC(CC(=O)O)C(=O)O)C(C)C. The third kappa shape index (κ3) is 11.1. The lowest BCUT2D eigenvalue weighted by molar-refractivity contribution is -0.147. The van der Waals surface area contributed by atoms with E-state index in [0.717, 1.165) is 0 Å². The van der Waals surface area contributed by atoms with Gasteiger partial charge < -0.3 is 43.4 Å². The molecule has 0 saturated carbocycles. The minimum Gasteiger partial charge on any atom is -0.481 e. The first-order valence-corrected chi connectivity index (χ1v) is 9.92. The highest BCUT2D eigenvalue weighted by Crippen LogP contribution is 2.05. The molecule has 182 valence electrons. The van der Waals surface area contributed by atoms with Gasteiger partial charge in [-0.05, 0) is 25.7 Å². The number of hydrogen-bond acceptors (Lipinski definition) is 7. The van der Waals surface area contributed by atoms with Crippen molar-refractivity contribution in [1.82, 2.24) is 16.0 Å². The van der Waals surface area contributed by atoms with Gasteiger partial charge in [0.1, 0.15) is 18.1 Å². The molecule has 0 heterocycles. The molecule has 0 spiro atoms. The normalized spacial score (nSPS) is 14.4. The number of aliphatic imine (C=N–C) groups is 1. The monoisotopic (exact) mass is 459 g/mol. The maximum absolute atomic E-state index is 12.5. The minimum absolute atomic E-state index is 0.0744. The summed E-state index contributed by atoms with van der Waals surface area (Å²) in [6, 6.07) is -4.77. The molecule has 0 aromatic rings. The first-order chi connectivity index (χ1) is 14.8. The molecular formula is C18H33N7O7. The number of nitrogens with one attached hydrogen (secondary N) is 3. The van der Waals surface area contributed by atoms with E-state index < -0.39 is 66.2 Å². The van der Waals surface area contributed by atoms with Crippen LogP contribution in [0.1, 0.15) is 40.0 Å². The average Bonchev–Trinajstić information content (AvgIpc) is 2.67. The second-order valence-corrected chi connectivity index (χ2v) is 7.51. The van der Waals surface area contributed by atoms with Gasteiger partial charge in [-0.3, -0.25) is 24.2 Å². The van der Waals surface area contributed by atoms with E-state index in [1.807, 2.05) is 0 Å². The summed E-state index contributed by atoms with van der Waals surface area (Å²) >= 11 is 0. The maximum Gasteiger partial charge on any atom is 0.326 e. The highest BCUT2D eigenvalue weighted by molar-refractivity contribution is 5.94. The Kier molecular flexibility index (Phi) is 12.3. The van der Waals surface area contributed by atoms with Crippen molar-refractivity contribution >= 4 is 35.6 Å². The number of carbonyl (C=O) groups excluding carboxylic acids is 3. The summed E-state index contributed by atoms with van der Waals surface area (Å²) in [5, 5.41) is 24.8. The Hall–Kier alpha value is -3.42. The summed E-state index contributed by atoms with van der Waals surface area (Å²) < 4.78 is 0.